The number of ether oxygens (including phenoxy) is 1. The minimum atomic E-state index is -0.619. The fourth-order valence-electron chi connectivity index (χ4n) is 1.68. The van der Waals surface area contributed by atoms with E-state index in [1.807, 2.05) is 0 Å². The molecule has 1 aromatic carbocycles. The molecule has 2 N–H and O–H groups in total. The van der Waals surface area contributed by atoms with Crippen molar-refractivity contribution in [1.82, 2.24) is 15.3 Å². The van der Waals surface area contributed by atoms with E-state index in [2.05, 4.69) is 15.3 Å². The predicted molar refractivity (Wildman–Crippen MR) is 67.5 cm³/mol. The Bertz CT molecular complexity index is 522. The number of rotatable bonds is 6. The molecule has 1 aromatic heterocycles. The van der Waals surface area contributed by atoms with Gasteiger partial charge in [0, 0.05) is 43.7 Å². The topological polar surface area (TPSA) is 49.9 Å². The van der Waals surface area contributed by atoms with E-state index in [1.54, 1.807) is 13.3 Å². The van der Waals surface area contributed by atoms with Gasteiger partial charge in [-0.3, -0.25) is 0 Å². The lowest BCUT2D eigenvalue weighted by Gasteiger charge is -2.01. The number of H-pyrrole nitrogens is 1. The molecule has 0 saturated heterocycles. The maximum atomic E-state index is 13.1. The van der Waals surface area contributed by atoms with Gasteiger partial charge in [-0.15, -0.1) is 0 Å². The molecule has 19 heavy (non-hydrogen) atoms. The van der Waals surface area contributed by atoms with Gasteiger partial charge in [0.05, 0.1) is 6.61 Å². The molecule has 0 aliphatic rings. The van der Waals surface area contributed by atoms with Crippen LogP contribution in [0.4, 0.5) is 8.78 Å². The van der Waals surface area contributed by atoms with Crippen LogP contribution in [0, 0.1) is 11.6 Å². The van der Waals surface area contributed by atoms with Gasteiger partial charge < -0.3 is 15.0 Å². The average molecular weight is 267 g/mol. The zero-order valence-corrected chi connectivity index (χ0v) is 10.5. The number of nitrogens with one attached hydrogen (secondary N) is 2. The lowest BCUT2D eigenvalue weighted by atomic mass is 10.2. The van der Waals surface area contributed by atoms with Gasteiger partial charge in [0.1, 0.15) is 17.5 Å². The number of hydrogen-bond donors (Lipinski definition) is 2. The largest absolute Gasteiger partial charge is 0.383 e. The van der Waals surface area contributed by atoms with Crippen LogP contribution in [0.1, 0.15) is 5.69 Å². The van der Waals surface area contributed by atoms with Crippen LogP contribution < -0.4 is 5.32 Å². The Hall–Kier alpha value is -1.79. The normalized spacial score (nSPS) is 10.9. The standard InChI is InChI=1S/C13H15F2N3O/c1-19-3-2-16-7-12-8-17-13(18-12)9-4-10(14)6-11(15)5-9/h4-6,8,16H,2-3,7H2,1H3,(H,17,18). The van der Waals surface area contributed by atoms with Gasteiger partial charge in [-0.05, 0) is 12.1 Å². The molecule has 0 atom stereocenters. The molecule has 0 aliphatic carbocycles. The third-order valence-corrected chi connectivity index (χ3v) is 2.56. The summed E-state index contributed by atoms with van der Waals surface area (Å²) >= 11 is 0. The van der Waals surface area contributed by atoms with Crippen LogP contribution in [0.2, 0.25) is 0 Å². The molecule has 1 heterocycles. The van der Waals surface area contributed by atoms with Crippen molar-refractivity contribution in [3.05, 3.63) is 41.7 Å². The molecule has 0 saturated carbocycles. The van der Waals surface area contributed by atoms with E-state index in [-0.39, 0.29) is 0 Å². The number of aromatic amines is 1. The number of halogens is 2. The van der Waals surface area contributed by atoms with Gasteiger partial charge in [-0.1, -0.05) is 0 Å². The Morgan fingerprint density at radius 2 is 2.00 bits per heavy atom. The number of methoxy groups -OCH3 is 1. The average Bonchev–Trinajstić information content (AvgIpc) is 2.82. The zero-order chi connectivity index (χ0) is 13.7. The van der Waals surface area contributed by atoms with Crippen molar-refractivity contribution in [2.45, 2.75) is 6.54 Å². The van der Waals surface area contributed by atoms with Crippen molar-refractivity contribution in [2.75, 3.05) is 20.3 Å². The van der Waals surface area contributed by atoms with Crippen molar-refractivity contribution in [1.29, 1.82) is 0 Å². The summed E-state index contributed by atoms with van der Waals surface area (Å²) in [6.45, 7) is 1.93. The highest BCUT2D eigenvalue weighted by molar-refractivity contribution is 5.55. The molecular formula is C13H15F2N3O. The first-order valence-corrected chi connectivity index (χ1v) is 5.89. The second-order valence-electron chi connectivity index (χ2n) is 4.08. The molecule has 0 unspecified atom stereocenters. The first-order valence-electron chi connectivity index (χ1n) is 5.89. The van der Waals surface area contributed by atoms with E-state index in [1.165, 1.54) is 12.1 Å². The highest BCUT2D eigenvalue weighted by Gasteiger charge is 2.07. The maximum absolute atomic E-state index is 13.1. The molecule has 4 nitrogen and oxygen atoms in total. The number of aromatic nitrogens is 2. The van der Waals surface area contributed by atoms with E-state index < -0.39 is 11.6 Å². The molecule has 0 amide bonds. The molecular weight excluding hydrogens is 252 g/mol. The summed E-state index contributed by atoms with van der Waals surface area (Å²) in [6, 6.07) is 3.31. The highest BCUT2D eigenvalue weighted by atomic mass is 19.1. The van der Waals surface area contributed by atoms with Gasteiger partial charge in [-0.25, -0.2) is 13.8 Å². The van der Waals surface area contributed by atoms with Crippen molar-refractivity contribution < 1.29 is 13.5 Å². The highest BCUT2D eigenvalue weighted by Crippen LogP contribution is 2.18. The lowest BCUT2D eigenvalue weighted by Crippen LogP contribution is -2.18. The van der Waals surface area contributed by atoms with Crippen molar-refractivity contribution in [3.63, 3.8) is 0 Å². The first-order chi connectivity index (χ1) is 9.19. The smallest absolute Gasteiger partial charge is 0.137 e. The quantitative estimate of drug-likeness (QED) is 0.788. The van der Waals surface area contributed by atoms with Gasteiger partial charge >= 0.3 is 0 Å². The predicted octanol–water partition coefficient (Wildman–Crippen LogP) is 2.09. The van der Waals surface area contributed by atoms with Gasteiger partial charge in [0.15, 0.2) is 0 Å². The lowest BCUT2D eigenvalue weighted by molar-refractivity contribution is 0.199. The van der Waals surface area contributed by atoms with E-state index in [0.717, 1.165) is 18.3 Å². The summed E-state index contributed by atoms with van der Waals surface area (Å²) in [4.78, 5) is 7.12. The summed E-state index contributed by atoms with van der Waals surface area (Å²) in [5.41, 5.74) is 1.23. The first kappa shape index (κ1) is 13.6. The zero-order valence-electron chi connectivity index (χ0n) is 10.5. The summed E-state index contributed by atoms with van der Waals surface area (Å²) in [5.74, 6) is -0.792. The summed E-state index contributed by atoms with van der Waals surface area (Å²) in [7, 11) is 1.63. The maximum Gasteiger partial charge on any atom is 0.137 e. The van der Waals surface area contributed by atoms with E-state index in [4.69, 9.17) is 4.74 Å². The van der Waals surface area contributed by atoms with Gasteiger partial charge in [0.2, 0.25) is 0 Å². The summed E-state index contributed by atoms with van der Waals surface area (Å²) in [6.07, 6.45) is 1.64. The molecule has 0 spiro atoms. The third-order valence-electron chi connectivity index (χ3n) is 2.56. The fourth-order valence-corrected chi connectivity index (χ4v) is 1.68. The van der Waals surface area contributed by atoms with Gasteiger partial charge in [0.25, 0.3) is 0 Å². The molecule has 2 rings (SSSR count). The fraction of sp³-hybridized carbons (Fsp3) is 0.308. The van der Waals surface area contributed by atoms with Crippen LogP contribution >= 0.6 is 0 Å². The molecule has 2 aromatic rings. The van der Waals surface area contributed by atoms with Crippen LogP contribution in [0.25, 0.3) is 11.4 Å². The SMILES string of the molecule is COCCNCc1cnc(-c2cc(F)cc(F)c2)[nH]1. The van der Waals surface area contributed by atoms with E-state index in [0.29, 0.717) is 24.5 Å². The summed E-state index contributed by atoms with van der Waals surface area (Å²) in [5, 5.41) is 3.15. The number of hydrogen-bond acceptors (Lipinski definition) is 3. The molecule has 0 aliphatic heterocycles. The molecule has 6 heteroatoms. The number of benzene rings is 1. The Morgan fingerprint density at radius 1 is 1.26 bits per heavy atom. The Morgan fingerprint density at radius 3 is 2.68 bits per heavy atom. The van der Waals surface area contributed by atoms with Crippen molar-refractivity contribution >= 4 is 0 Å². The molecule has 0 bridgehead atoms. The van der Waals surface area contributed by atoms with Crippen LogP contribution in [0.3, 0.4) is 0 Å². The molecule has 0 radical (unpaired) electrons. The van der Waals surface area contributed by atoms with E-state index >= 15 is 0 Å². The van der Waals surface area contributed by atoms with Crippen molar-refractivity contribution in [3.8, 4) is 11.4 Å². The Balaban J connectivity index is 2.03. The summed E-state index contributed by atoms with van der Waals surface area (Å²) < 4.78 is 31.1. The van der Waals surface area contributed by atoms with Crippen LogP contribution in [0.15, 0.2) is 24.4 Å². The number of imidazole rings is 1. The third kappa shape index (κ3) is 3.84. The molecule has 0 fully saturated rings. The van der Waals surface area contributed by atoms with Crippen LogP contribution in [-0.4, -0.2) is 30.2 Å². The second kappa shape index (κ2) is 6.40. The monoisotopic (exact) mass is 267 g/mol. The minimum absolute atomic E-state index is 0.389. The number of nitrogens with zero attached hydrogens (tertiary/aromatic N) is 1. The van der Waals surface area contributed by atoms with E-state index in [9.17, 15) is 8.78 Å². The Kier molecular flexibility index (Phi) is 4.59. The molecule has 102 valence electrons. The minimum Gasteiger partial charge on any atom is -0.383 e. The Labute approximate surface area is 109 Å². The van der Waals surface area contributed by atoms with Crippen LogP contribution in [0.5, 0.6) is 0 Å². The second-order valence-corrected chi connectivity index (χ2v) is 4.08. The van der Waals surface area contributed by atoms with Crippen LogP contribution in [-0.2, 0) is 11.3 Å². The van der Waals surface area contributed by atoms with Crippen molar-refractivity contribution in [2.24, 2.45) is 0 Å². The van der Waals surface area contributed by atoms with Gasteiger partial charge in [-0.2, -0.15) is 0 Å².